The van der Waals surface area contributed by atoms with Crippen LogP contribution in [0.2, 0.25) is 0 Å². The third-order valence-corrected chi connectivity index (χ3v) is 7.97. The number of carbonyl (C=O) groups is 2. The fraction of sp³-hybridized carbons (Fsp3) is 0.433. The van der Waals surface area contributed by atoms with Gasteiger partial charge in [0.1, 0.15) is 5.69 Å². The molecular formula is C30H39ClN8O3. The van der Waals surface area contributed by atoms with E-state index >= 15 is 0 Å². The number of halogens is 1. The van der Waals surface area contributed by atoms with E-state index < -0.39 is 5.97 Å². The Kier molecular flexibility index (Phi) is 10.3. The average Bonchev–Trinajstić information content (AvgIpc) is 3.58. The van der Waals surface area contributed by atoms with Gasteiger partial charge in [-0.3, -0.25) is 14.5 Å². The van der Waals surface area contributed by atoms with E-state index in [2.05, 4.69) is 37.3 Å². The molecule has 12 heteroatoms. The first kappa shape index (κ1) is 31.1. The van der Waals surface area contributed by atoms with Gasteiger partial charge in [-0.1, -0.05) is 48.0 Å². The van der Waals surface area contributed by atoms with Gasteiger partial charge >= 0.3 is 5.97 Å². The molecule has 2 fully saturated rings. The Labute approximate surface area is 251 Å². The summed E-state index contributed by atoms with van der Waals surface area (Å²) in [5.41, 5.74) is 9.72. The quantitative estimate of drug-likeness (QED) is 0.353. The van der Waals surface area contributed by atoms with E-state index in [1.807, 2.05) is 61.4 Å². The number of anilines is 1. The molecule has 4 heterocycles. The number of likely N-dealkylation sites (tertiary alicyclic amines) is 2. The topological polar surface area (TPSA) is 135 Å². The molecule has 2 aromatic heterocycles. The third kappa shape index (κ3) is 7.15. The Balaban J connectivity index is 0.000000314. The lowest BCUT2D eigenvalue weighted by Crippen LogP contribution is -2.44. The summed E-state index contributed by atoms with van der Waals surface area (Å²) in [5.74, 6) is -0.448. The van der Waals surface area contributed by atoms with Gasteiger partial charge in [0.25, 0.3) is 5.91 Å². The van der Waals surface area contributed by atoms with Crippen molar-refractivity contribution in [3.05, 3.63) is 60.3 Å². The molecule has 0 radical (unpaired) electrons. The first-order chi connectivity index (χ1) is 19.8. The molecule has 2 aromatic carbocycles. The zero-order valence-electron chi connectivity index (χ0n) is 24.1. The van der Waals surface area contributed by atoms with E-state index in [4.69, 9.17) is 10.8 Å². The number of aromatic nitrogens is 5. The lowest BCUT2D eigenvalue weighted by Gasteiger charge is -2.30. The minimum atomic E-state index is -0.647. The maximum absolute atomic E-state index is 13.1. The van der Waals surface area contributed by atoms with Crippen molar-refractivity contribution < 1.29 is 14.7 Å². The van der Waals surface area contributed by atoms with E-state index in [0.717, 1.165) is 79.5 Å². The van der Waals surface area contributed by atoms with E-state index in [0.29, 0.717) is 12.4 Å². The van der Waals surface area contributed by atoms with Crippen molar-refractivity contribution in [2.45, 2.75) is 44.7 Å². The highest BCUT2D eigenvalue weighted by Gasteiger charge is 2.29. The van der Waals surface area contributed by atoms with Crippen LogP contribution in [0.15, 0.2) is 54.7 Å². The number of hydrogen-bond donors (Lipinski definition) is 2. The summed E-state index contributed by atoms with van der Waals surface area (Å²) in [6, 6.07) is 15.7. The summed E-state index contributed by atoms with van der Waals surface area (Å²) in [4.78, 5) is 27.8. The smallest absolute Gasteiger partial charge is 0.307 e. The van der Waals surface area contributed by atoms with Gasteiger partial charge in [0.15, 0.2) is 5.82 Å². The highest BCUT2D eigenvalue weighted by atomic mass is 35.5. The standard InChI is InChI=1S/C23H25N7O.C7H13NO2.ClH/c1-28-12-6-5-9-21(28)23(31)30-20-11-10-17(13-18(20)22(24)26-30)19-15-29(27-25-19)14-16-7-3-2-4-8-16;1-8-4-2-3-6(5-8)7(9)10;/h2-4,7-8,10-11,13,15,21H,5-6,9,12,14H2,1H3,(H2,24,26);6H,2-5H2,1H3,(H,9,10);1H. The van der Waals surface area contributed by atoms with Crippen LogP contribution in [-0.2, 0) is 11.3 Å². The summed E-state index contributed by atoms with van der Waals surface area (Å²) in [6.07, 6.45) is 6.80. The third-order valence-electron chi connectivity index (χ3n) is 7.97. The number of benzene rings is 2. The first-order valence-electron chi connectivity index (χ1n) is 14.2. The Bertz CT molecular complexity index is 1500. The highest BCUT2D eigenvalue weighted by molar-refractivity contribution is 5.99. The SMILES string of the molecule is CN1CCCC(C(=O)O)C1.CN1CCCCC1C(=O)n1nc(N)c2cc(-c3cn(Cc4ccccc4)nn3)ccc21.Cl. The van der Waals surface area contributed by atoms with Crippen LogP contribution in [0.5, 0.6) is 0 Å². The summed E-state index contributed by atoms with van der Waals surface area (Å²) in [5, 5.41) is 22.3. The number of carboxylic acids is 1. The summed E-state index contributed by atoms with van der Waals surface area (Å²) in [6.45, 7) is 3.34. The molecule has 0 saturated carbocycles. The fourth-order valence-corrected chi connectivity index (χ4v) is 5.64. The molecule has 0 bridgehead atoms. The second kappa shape index (κ2) is 13.9. The van der Waals surface area contributed by atoms with Gasteiger partial charge in [0.2, 0.25) is 0 Å². The normalized spacial score (nSPS) is 19.5. The number of nitrogens with zero attached hydrogens (tertiary/aromatic N) is 7. The predicted octanol–water partition coefficient (Wildman–Crippen LogP) is 3.88. The number of carboxylic acid groups (broad SMARTS) is 1. The van der Waals surface area contributed by atoms with Gasteiger partial charge in [-0.25, -0.2) is 4.68 Å². The molecule has 2 atom stereocenters. The largest absolute Gasteiger partial charge is 0.481 e. The summed E-state index contributed by atoms with van der Waals surface area (Å²) in [7, 11) is 3.96. The fourth-order valence-electron chi connectivity index (χ4n) is 5.64. The maximum Gasteiger partial charge on any atom is 0.307 e. The zero-order valence-corrected chi connectivity index (χ0v) is 24.9. The van der Waals surface area contributed by atoms with Gasteiger partial charge in [0.05, 0.1) is 30.2 Å². The minimum Gasteiger partial charge on any atom is -0.481 e. The average molecular weight is 595 g/mol. The summed E-state index contributed by atoms with van der Waals surface area (Å²) >= 11 is 0. The molecule has 0 spiro atoms. The van der Waals surface area contributed by atoms with Gasteiger partial charge in [-0.2, -0.15) is 4.68 Å². The Morgan fingerprint density at radius 3 is 2.50 bits per heavy atom. The van der Waals surface area contributed by atoms with Gasteiger partial charge in [-0.05, 0) is 70.6 Å². The van der Waals surface area contributed by atoms with Crippen molar-refractivity contribution in [1.29, 1.82) is 0 Å². The lowest BCUT2D eigenvalue weighted by molar-refractivity contribution is -0.143. The molecule has 6 rings (SSSR count). The zero-order chi connectivity index (χ0) is 28.9. The van der Waals surface area contributed by atoms with Crippen LogP contribution < -0.4 is 5.73 Å². The Morgan fingerprint density at radius 1 is 1.02 bits per heavy atom. The molecule has 2 saturated heterocycles. The van der Waals surface area contributed by atoms with Crippen LogP contribution in [0.1, 0.15) is 42.5 Å². The molecule has 0 amide bonds. The maximum atomic E-state index is 13.1. The number of carbonyl (C=O) groups excluding carboxylic acids is 1. The van der Waals surface area contributed by atoms with Crippen molar-refractivity contribution >= 4 is 41.0 Å². The van der Waals surface area contributed by atoms with Crippen LogP contribution >= 0.6 is 12.4 Å². The van der Waals surface area contributed by atoms with Crippen molar-refractivity contribution in [2.24, 2.45) is 5.92 Å². The minimum absolute atomic E-state index is 0. The highest BCUT2D eigenvalue weighted by Crippen LogP contribution is 2.28. The molecule has 3 N–H and O–H groups in total. The summed E-state index contributed by atoms with van der Waals surface area (Å²) < 4.78 is 3.28. The van der Waals surface area contributed by atoms with E-state index in [1.165, 1.54) is 4.68 Å². The molecule has 2 unspecified atom stereocenters. The Hall–Kier alpha value is -3.80. The number of likely N-dealkylation sites (N-methyl/N-ethyl adjacent to an activating group) is 1. The van der Waals surface area contributed by atoms with Gasteiger partial charge in [0, 0.05) is 17.5 Å². The van der Waals surface area contributed by atoms with Crippen LogP contribution in [0.4, 0.5) is 5.82 Å². The number of aliphatic carboxylic acids is 1. The number of piperidine rings is 2. The van der Waals surface area contributed by atoms with Crippen molar-refractivity contribution in [1.82, 2.24) is 34.6 Å². The van der Waals surface area contributed by atoms with E-state index in [9.17, 15) is 9.59 Å². The van der Waals surface area contributed by atoms with Gasteiger partial charge < -0.3 is 15.7 Å². The van der Waals surface area contributed by atoms with Crippen LogP contribution in [0.3, 0.4) is 0 Å². The molecule has 42 heavy (non-hydrogen) atoms. The number of rotatable bonds is 5. The number of hydrogen-bond acceptors (Lipinski definition) is 8. The molecule has 0 aliphatic carbocycles. The molecule has 224 valence electrons. The van der Waals surface area contributed by atoms with Crippen molar-refractivity contribution in [2.75, 3.05) is 39.5 Å². The second-order valence-corrected chi connectivity index (χ2v) is 11.1. The van der Waals surface area contributed by atoms with Gasteiger partial charge in [-0.15, -0.1) is 22.6 Å². The molecule has 2 aliphatic heterocycles. The Morgan fingerprint density at radius 2 is 1.81 bits per heavy atom. The number of nitrogen functional groups attached to an aromatic ring is 1. The predicted molar refractivity (Wildman–Crippen MR) is 165 cm³/mol. The van der Waals surface area contributed by atoms with E-state index in [1.54, 1.807) is 0 Å². The van der Waals surface area contributed by atoms with Crippen LogP contribution in [0, 0.1) is 5.92 Å². The second-order valence-electron chi connectivity index (χ2n) is 11.1. The molecule has 11 nitrogen and oxygen atoms in total. The molecule has 2 aliphatic rings. The number of nitrogens with two attached hydrogens (primary N) is 1. The first-order valence-corrected chi connectivity index (χ1v) is 14.2. The monoisotopic (exact) mass is 594 g/mol. The van der Waals surface area contributed by atoms with Crippen molar-refractivity contribution in [3.63, 3.8) is 0 Å². The van der Waals surface area contributed by atoms with Crippen LogP contribution in [-0.4, -0.2) is 91.3 Å². The van der Waals surface area contributed by atoms with Crippen LogP contribution in [0.25, 0.3) is 22.2 Å². The van der Waals surface area contributed by atoms with E-state index in [-0.39, 0.29) is 30.3 Å². The molecular weight excluding hydrogens is 556 g/mol. The number of fused-ring (bicyclic) bond motifs is 1. The van der Waals surface area contributed by atoms with Crippen molar-refractivity contribution in [3.8, 4) is 11.3 Å². The molecule has 4 aromatic rings. The lowest BCUT2D eigenvalue weighted by atomic mass is 9.99.